The normalized spacial score (nSPS) is 13.3. The Hall–Kier alpha value is -1.11. The summed E-state index contributed by atoms with van der Waals surface area (Å²) in [5.41, 5.74) is 0.359. The van der Waals surface area contributed by atoms with Gasteiger partial charge in [-0.3, -0.25) is 0 Å². The van der Waals surface area contributed by atoms with Crippen molar-refractivity contribution in [3.8, 4) is 0 Å². The van der Waals surface area contributed by atoms with E-state index in [0.717, 1.165) is 50.5 Å². The summed E-state index contributed by atoms with van der Waals surface area (Å²) in [5, 5.41) is 0. The third-order valence-corrected chi connectivity index (χ3v) is 5.97. The highest BCUT2D eigenvalue weighted by Gasteiger charge is 2.29. The Morgan fingerprint density at radius 1 is 0.657 bits per heavy atom. The van der Waals surface area contributed by atoms with Crippen LogP contribution in [0.5, 0.6) is 0 Å². The van der Waals surface area contributed by atoms with Crippen LogP contribution >= 0.6 is 0 Å². The highest BCUT2D eigenvalue weighted by Crippen LogP contribution is 2.29. The lowest BCUT2D eigenvalue weighted by molar-refractivity contribution is -0.327. The van der Waals surface area contributed by atoms with Gasteiger partial charge < -0.3 is 14.2 Å². The first-order valence-corrected chi connectivity index (χ1v) is 13.7. The van der Waals surface area contributed by atoms with E-state index >= 15 is 0 Å². The van der Waals surface area contributed by atoms with Crippen molar-refractivity contribution in [2.24, 2.45) is 0 Å². The molecule has 0 amide bonds. The van der Waals surface area contributed by atoms with Crippen LogP contribution in [0.1, 0.15) is 123 Å². The molecule has 1 atom stereocenters. The van der Waals surface area contributed by atoms with Crippen LogP contribution in [0, 0.1) is 0 Å². The van der Waals surface area contributed by atoms with Crippen molar-refractivity contribution in [1.82, 2.24) is 0 Å². The van der Waals surface area contributed by atoms with E-state index in [9.17, 15) is 13.2 Å². The van der Waals surface area contributed by atoms with Crippen molar-refractivity contribution < 1.29 is 27.4 Å². The Balaban J connectivity index is 2.48. The lowest BCUT2D eigenvalue weighted by Crippen LogP contribution is -2.31. The zero-order valence-electron chi connectivity index (χ0n) is 22.7. The first-order chi connectivity index (χ1) is 16.6. The lowest BCUT2D eigenvalue weighted by Gasteiger charge is -2.27. The minimum absolute atomic E-state index is 0.0155. The SMILES string of the molecule is CCCCCCCCCC(CCCCCc1ccc(C(F)(F)F)cc1)OC(OC(C)C)OC(C)C. The average molecular weight is 503 g/mol. The number of ether oxygens (including phenoxy) is 3. The number of aryl methyl sites for hydroxylation is 1. The van der Waals surface area contributed by atoms with Gasteiger partial charge in [0.1, 0.15) is 0 Å². The maximum atomic E-state index is 12.7. The number of hydrogen-bond acceptors (Lipinski definition) is 3. The van der Waals surface area contributed by atoms with Crippen molar-refractivity contribution in [2.75, 3.05) is 0 Å². The van der Waals surface area contributed by atoms with Gasteiger partial charge in [-0.05, 0) is 71.1 Å². The van der Waals surface area contributed by atoms with E-state index in [1.165, 1.54) is 50.7 Å². The van der Waals surface area contributed by atoms with Gasteiger partial charge in [0.2, 0.25) is 0 Å². The smallest absolute Gasteiger partial charge is 0.327 e. The van der Waals surface area contributed by atoms with Crippen molar-refractivity contribution in [3.05, 3.63) is 35.4 Å². The number of alkyl halides is 3. The summed E-state index contributed by atoms with van der Waals surface area (Å²) in [7, 11) is 0. The minimum Gasteiger partial charge on any atom is -0.327 e. The van der Waals surface area contributed by atoms with Crippen LogP contribution in [0.25, 0.3) is 0 Å². The van der Waals surface area contributed by atoms with Crippen LogP contribution in [-0.2, 0) is 26.8 Å². The van der Waals surface area contributed by atoms with Crippen LogP contribution in [0.3, 0.4) is 0 Å². The fraction of sp³-hybridized carbons (Fsp3) is 0.793. The Morgan fingerprint density at radius 2 is 1.14 bits per heavy atom. The number of benzene rings is 1. The molecule has 0 fully saturated rings. The maximum absolute atomic E-state index is 12.7. The molecule has 0 aliphatic heterocycles. The molecule has 1 unspecified atom stereocenters. The molecule has 1 aromatic rings. The molecule has 1 aromatic carbocycles. The van der Waals surface area contributed by atoms with Crippen LogP contribution in [-0.4, -0.2) is 24.8 Å². The number of hydrogen-bond donors (Lipinski definition) is 0. The second-order valence-electron chi connectivity index (χ2n) is 10.1. The molecule has 0 spiro atoms. The summed E-state index contributed by atoms with van der Waals surface area (Å²) >= 11 is 0. The molecular formula is C29H49F3O3. The average Bonchev–Trinajstić information content (AvgIpc) is 2.76. The fourth-order valence-electron chi connectivity index (χ4n) is 4.05. The molecule has 3 nitrogen and oxygen atoms in total. The predicted molar refractivity (Wildman–Crippen MR) is 137 cm³/mol. The number of rotatable bonds is 20. The monoisotopic (exact) mass is 502 g/mol. The predicted octanol–water partition coefficient (Wildman–Crippen LogP) is 9.47. The molecule has 0 saturated carbocycles. The zero-order valence-corrected chi connectivity index (χ0v) is 22.7. The molecule has 204 valence electrons. The third-order valence-electron chi connectivity index (χ3n) is 5.97. The van der Waals surface area contributed by atoms with Crippen molar-refractivity contribution in [2.45, 2.75) is 149 Å². The van der Waals surface area contributed by atoms with Gasteiger partial charge >= 0.3 is 6.18 Å². The molecule has 0 radical (unpaired) electrons. The van der Waals surface area contributed by atoms with Crippen LogP contribution in [0.15, 0.2) is 24.3 Å². The molecule has 35 heavy (non-hydrogen) atoms. The van der Waals surface area contributed by atoms with Crippen LogP contribution < -0.4 is 0 Å². The molecule has 0 aliphatic carbocycles. The minimum atomic E-state index is -4.28. The number of halogens is 3. The second kappa shape index (κ2) is 18.2. The first-order valence-electron chi connectivity index (χ1n) is 13.7. The van der Waals surface area contributed by atoms with Gasteiger partial charge in [0.15, 0.2) is 0 Å². The van der Waals surface area contributed by atoms with Gasteiger partial charge in [-0.15, -0.1) is 0 Å². The molecule has 0 aliphatic rings. The van der Waals surface area contributed by atoms with Crippen LogP contribution in [0.4, 0.5) is 13.2 Å². The lowest BCUT2D eigenvalue weighted by atomic mass is 10.0. The third kappa shape index (κ3) is 16.3. The molecule has 1 rings (SSSR count). The molecule has 0 saturated heterocycles. The Bertz CT molecular complexity index is 619. The van der Waals surface area contributed by atoms with Crippen LogP contribution in [0.2, 0.25) is 0 Å². The standard InChI is InChI=1S/C29H49F3O3/c1-6-7-8-9-10-11-14-17-27(35-28(33-23(2)3)34-24(4)5)18-15-12-13-16-25-19-21-26(22-20-25)29(30,31)32/h19-24,27-28H,6-18H2,1-5H3. The van der Waals surface area contributed by atoms with Crippen molar-refractivity contribution in [1.29, 1.82) is 0 Å². The Morgan fingerprint density at radius 3 is 1.63 bits per heavy atom. The van der Waals surface area contributed by atoms with Gasteiger partial charge in [0.25, 0.3) is 6.48 Å². The van der Waals surface area contributed by atoms with Crippen molar-refractivity contribution >= 4 is 0 Å². The molecule has 6 heteroatoms. The van der Waals surface area contributed by atoms with E-state index in [0.29, 0.717) is 0 Å². The molecule has 0 aromatic heterocycles. The number of unbranched alkanes of at least 4 members (excludes halogenated alkanes) is 8. The molecule has 0 heterocycles. The van der Waals surface area contributed by atoms with E-state index in [1.54, 1.807) is 12.1 Å². The van der Waals surface area contributed by atoms with Gasteiger partial charge in [0, 0.05) is 0 Å². The second-order valence-corrected chi connectivity index (χ2v) is 10.1. The van der Waals surface area contributed by atoms with E-state index in [4.69, 9.17) is 14.2 Å². The largest absolute Gasteiger partial charge is 0.416 e. The summed E-state index contributed by atoms with van der Waals surface area (Å²) in [6, 6.07) is 5.52. The van der Waals surface area contributed by atoms with Crippen molar-refractivity contribution in [3.63, 3.8) is 0 Å². The van der Waals surface area contributed by atoms with E-state index < -0.39 is 18.2 Å². The van der Waals surface area contributed by atoms with E-state index in [-0.39, 0.29) is 18.3 Å². The topological polar surface area (TPSA) is 27.7 Å². The zero-order chi connectivity index (χ0) is 26.1. The first kappa shape index (κ1) is 31.9. The van der Waals surface area contributed by atoms with Gasteiger partial charge in [0.05, 0.1) is 23.9 Å². The highest BCUT2D eigenvalue weighted by atomic mass is 19.4. The molecule has 0 N–H and O–H groups in total. The van der Waals surface area contributed by atoms with E-state index in [2.05, 4.69) is 6.92 Å². The molecule has 0 bridgehead atoms. The summed E-state index contributed by atoms with van der Waals surface area (Å²) in [6.45, 7) is 9.50. The summed E-state index contributed by atoms with van der Waals surface area (Å²) in [5.74, 6) is 0. The van der Waals surface area contributed by atoms with E-state index in [1.807, 2.05) is 27.7 Å². The maximum Gasteiger partial charge on any atom is 0.416 e. The van der Waals surface area contributed by atoms with Gasteiger partial charge in [-0.1, -0.05) is 76.8 Å². The Labute approximate surface area is 212 Å². The summed E-state index contributed by atoms with van der Waals surface area (Å²) < 4.78 is 56.2. The Kier molecular flexibility index (Phi) is 16.6. The fourth-order valence-corrected chi connectivity index (χ4v) is 4.05. The highest BCUT2D eigenvalue weighted by molar-refractivity contribution is 5.24. The quantitative estimate of drug-likeness (QED) is 0.131. The summed E-state index contributed by atoms with van der Waals surface area (Å²) in [6.07, 6.45) is 10.4. The van der Waals surface area contributed by atoms with Gasteiger partial charge in [-0.25, -0.2) is 0 Å². The van der Waals surface area contributed by atoms with Gasteiger partial charge in [-0.2, -0.15) is 13.2 Å². The molecular weight excluding hydrogens is 453 g/mol. The summed E-state index contributed by atoms with van der Waals surface area (Å²) in [4.78, 5) is 0.